The molecule has 1 saturated heterocycles. The minimum atomic E-state index is -3.78. The average molecular weight is 425 g/mol. The molecule has 8 heteroatoms. The Morgan fingerprint density at radius 1 is 1.07 bits per heavy atom. The predicted octanol–water partition coefficient (Wildman–Crippen LogP) is 4.60. The molecule has 3 rings (SSSR count). The zero-order valence-corrected chi connectivity index (χ0v) is 17.1. The van der Waals surface area contributed by atoms with Gasteiger partial charge in [0.05, 0.1) is 10.5 Å². The van der Waals surface area contributed by atoms with Crippen molar-refractivity contribution in [2.24, 2.45) is 0 Å². The van der Waals surface area contributed by atoms with Gasteiger partial charge in [0.1, 0.15) is 5.82 Å². The van der Waals surface area contributed by atoms with Crippen LogP contribution in [0.5, 0.6) is 0 Å². The topological polar surface area (TPSA) is 66.5 Å². The van der Waals surface area contributed by atoms with Crippen LogP contribution in [-0.4, -0.2) is 31.7 Å². The molecule has 0 unspecified atom stereocenters. The molecule has 0 spiro atoms. The maximum absolute atomic E-state index is 14.3. The molecule has 1 fully saturated rings. The fourth-order valence-corrected chi connectivity index (χ4v) is 4.86. The van der Waals surface area contributed by atoms with E-state index in [1.54, 1.807) is 18.2 Å². The fourth-order valence-electron chi connectivity index (χ4n) is 3.14. The maximum atomic E-state index is 14.3. The van der Waals surface area contributed by atoms with Gasteiger partial charge in [-0.25, -0.2) is 12.8 Å². The lowest BCUT2D eigenvalue weighted by Gasteiger charge is -2.20. The first kappa shape index (κ1) is 20.8. The number of sulfonamides is 1. The lowest BCUT2D eigenvalue weighted by atomic mass is 10.2. The second-order valence-electron chi connectivity index (χ2n) is 6.88. The minimum Gasteiger partial charge on any atom is -0.322 e. The number of hydrogen-bond donors (Lipinski definition) is 1. The van der Waals surface area contributed by atoms with Crippen molar-refractivity contribution in [1.82, 2.24) is 4.31 Å². The number of aryl methyl sites for hydroxylation is 1. The van der Waals surface area contributed by atoms with Crippen molar-refractivity contribution in [3.05, 3.63) is 58.4 Å². The molecule has 1 aliphatic rings. The average Bonchev–Trinajstić information content (AvgIpc) is 2.95. The van der Waals surface area contributed by atoms with Crippen molar-refractivity contribution in [2.75, 3.05) is 18.4 Å². The third-order valence-corrected chi connectivity index (χ3v) is 7.12. The Morgan fingerprint density at radius 2 is 1.75 bits per heavy atom. The summed E-state index contributed by atoms with van der Waals surface area (Å²) in [5, 5.41) is 3.03. The van der Waals surface area contributed by atoms with E-state index in [1.807, 2.05) is 6.92 Å². The van der Waals surface area contributed by atoms with Crippen LogP contribution in [0.25, 0.3) is 0 Å². The lowest BCUT2D eigenvalue weighted by Crippen LogP contribution is -2.32. The number of nitrogens with one attached hydrogen (secondary N) is 1. The Bertz CT molecular complexity index is 987. The zero-order valence-electron chi connectivity index (χ0n) is 15.5. The number of amides is 1. The van der Waals surface area contributed by atoms with Crippen LogP contribution in [0.2, 0.25) is 5.02 Å². The summed E-state index contributed by atoms with van der Waals surface area (Å²) >= 11 is 6.05. The molecule has 0 aromatic heterocycles. The first-order valence-corrected chi connectivity index (χ1v) is 11.0. The Kier molecular flexibility index (Phi) is 6.37. The Hall–Kier alpha value is -1.96. The van der Waals surface area contributed by atoms with Crippen molar-refractivity contribution in [3.63, 3.8) is 0 Å². The number of carbonyl (C=O) groups excluding carboxylic acids is 1. The molecule has 28 heavy (non-hydrogen) atoms. The van der Waals surface area contributed by atoms with Crippen LogP contribution in [0.4, 0.5) is 10.1 Å². The minimum absolute atomic E-state index is 0.0807. The first-order valence-electron chi connectivity index (χ1n) is 9.16. The summed E-state index contributed by atoms with van der Waals surface area (Å²) in [7, 11) is -3.78. The van der Waals surface area contributed by atoms with Gasteiger partial charge < -0.3 is 5.32 Å². The summed E-state index contributed by atoms with van der Waals surface area (Å²) in [5.74, 6) is -1.52. The largest absolute Gasteiger partial charge is 0.322 e. The Morgan fingerprint density at radius 3 is 2.39 bits per heavy atom. The normalized spacial score (nSPS) is 15.8. The molecule has 0 bridgehead atoms. The Balaban J connectivity index is 1.88. The van der Waals surface area contributed by atoms with Gasteiger partial charge in [-0.15, -0.1) is 0 Å². The van der Waals surface area contributed by atoms with Crippen molar-refractivity contribution < 1.29 is 17.6 Å². The van der Waals surface area contributed by atoms with Crippen LogP contribution in [0.15, 0.2) is 41.3 Å². The van der Waals surface area contributed by atoms with Crippen molar-refractivity contribution in [2.45, 2.75) is 37.5 Å². The molecule has 2 aromatic carbocycles. The van der Waals surface area contributed by atoms with Crippen LogP contribution >= 0.6 is 11.6 Å². The molecule has 1 heterocycles. The smallest absolute Gasteiger partial charge is 0.258 e. The molecule has 1 aliphatic heterocycles. The number of nitrogens with zero attached hydrogens (tertiary/aromatic N) is 1. The molecule has 5 nitrogen and oxygen atoms in total. The molecular weight excluding hydrogens is 403 g/mol. The van der Waals surface area contributed by atoms with Crippen LogP contribution < -0.4 is 5.32 Å². The van der Waals surface area contributed by atoms with E-state index < -0.39 is 21.7 Å². The zero-order chi connectivity index (χ0) is 20.3. The molecule has 1 N–H and O–H groups in total. The molecule has 0 aliphatic carbocycles. The van der Waals surface area contributed by atoms with Gasteiger partial charge >= 0.3 is 0 Å². The standard InChI is InChI=1S/C20H22ClFN2O3S/c1-14-6-7-15(12-18(14)21)23-20(25)17-13-16(8-9-19(17)22)28(26,27)24-10-4-2-3-5-11-24/h6-9,12-13H,2-5,10-11H2,1H3,(H,23,25). The molecule has 0 radical (unpaired) electrons. The van der Waals surface area contributed by atoms with Crippen LogP contribution in [-0.2, 0) is 10.0 Å². The monoisotopic (exact) mass is 424 g/mol. The van der Waals surface area contributed by atoms with E-state index in [2.05, 4.69) is 5.32 Å². The second-order valence-corrected chi connectivity index (χ2v) is 9.22. The molecule has 0 saturated carbocycles. The lowest BCUT2D eigenvalue weighted by molar-refractivity contribution is 0.102. The van der Waals surface area contributed by atoms with Crippen molar-refractivity contribution in [3.8, 4) is 0 Å². The van der Waals surface area contributed by atoms with E-state index in [4.69, 9.17) is 11.6 Å². The van der Waals surface area contributed by atoms with Crippen LogP contribution in [0, 0.1) is 12.7 Å². The first-order chi connectivity index (χ1) is 13.3. The van der Waals surface area contributed by atoms with Gasteiger partial charge in [0.15, 0.2) is 0 Å². The molecular formula is C20H22ClFN2O3S. The highest BCUT2D eigenvalue weighted by atomic mass is 35.5. The van der Waals surface area contributed by atoms with Crippen molar-refractivity contribution >= 4 is 33.2 Å². The summed E-state index contributed by atoms with van der Waals surface area (Å²) in [6, 6.07) is 8.26. The number of rotatable bonds is 4. The van der Waals surface area contributed by atoms with E-state index in [9.17, 15) is 17.6 Å². The maximum Gasteiger partial charge on any atom is 0.258 e. The summed E-state index contributed by atoms with van der Waals surface area (Å²) in [4.78, 5) is 12.5. The van der Waals surface area contributed by atoms with Gasteiger partial charge in [0.2, 0.25) is 10.0 Å². The van der Waals surface area contributed by atoms with E-state index in [0.29, 0.717) is 23.8 Å². The third kappa shape index (κ3) is 4.54. The summed E-state index contributed by atoms with van der Waals surface area (Å²) in [6.45, 7) is 2.69. The van der Waals surface area contributed by atoms with Gasteiger partial charge in [-0.2, -0.15) is 4.31 Å². The highest BCUT2D eigenvalue weighted by molar-refractivity contribution is 7.89. The highest BCUT2D eigenvalue weighted by Crippen LogP contribution is 2.24. The van der Waals surface area contributed by atoms with Crippen LogP contribution in [0.3, 0.4) is 0 Å². The quantitative estimate of drug-likeness (QED) is 0.779. The van der Waals surface area contributed by atoms with Crippen molar-refractivity contribution in [1.29, 1.82) is 0 Å². The van der Waals surface area contributed by atoms with E-state index in [1.165, 1.54) is 10.4 Å². The number of halogens is 2. The molecule has 1 amide bonds. The third-order valence-electron chi connectivity index (χ3n) is 4.81. The molecule has 2 aromatic rings. The number of anilines is 1. The summed E-state index contributed by atoms with van der Waals surface area (Å²) in [6.07, 6.45) is 3.56. The summed E-state index contributed by atoms with van der Waals surface area (Å²) < 4.78 is 41.5. The predicted molar refractivity (Wildman–Crippen MR) is 108 cm³/mol. The number of hydrogen-bond acceptors (Lipinski definition) is 3. The Labute approximate surface area is 169 Å². The molecule has 0 atom stereocenters. The van der Waals surface area contributed by atoms with E-state index in [0.717, 1.165) is 43.4 Å². The van der Waals surface area contributed by atoms with E-state index >= 15 is 0 Å². The van der Waals surface area contributed by atoms with Gasteiger partial charge in [-0.3, -0.25) is 4.79 Å². The van der Waals surface area contributed by atoms with Gasteiger partial charge in [-0.05, 0) is 55.7 Å². The van der Waals surface area contributed by atoms with E-state index in [-0.39, 0.29) is 10.5 Å². The van der Waals surface area contributed by atoms with Gasteiger partial charge in [0, 0.05) is 23.8 Å². The van der Waals surface area contributed by atoms with Gasteiger partial charge in [0.25, 0.3) is 5.91 Å². The van der Waals surface area contributed by atoms with Gasteiger partial charge in [-0.1, -0.05) is 30.5 Å². The highest BCUT2D eigenvalue weighted by Gasteiger charge is 2.27. The fraction of sp³-hybridized carbons (Fsp3) is 0.350. The second kappa shape index (κ2) is 8.59. The number of carbonyl (C=O) groups is 1. The SMILES string of the molecule is Cc1ccc(NC(=O)c2cc(S(=O)(=O)N3CCCCCC3)ccc2F)cc1Cl. The summed E-state index contributed by atoms with van der Waals surface area (Å²) in [5.41, 5.74) is 0.921. The van der Waals surface area contributed by atoms with Crippen LogP contribution in [0.1, 0.15) is 41.6 Å². The number of benzene rings is 2. The molecule has 150 valence electrons.